The molecule has 112 valence electrons. The van der Waals surface area contributed by atoms with Crippen LogP contribution < -0.4 is 0 Å². The van der Waals surface area contributed by atoms with Crippen molar-refractivity contribution in [1.82, 2.24) is 0 Å². The molecule has 0 saturated heterocycles. The monoisotopic (exact) mass is 304 g/mol. The van der Waals surface area contributed by atoms with Crippen molar-refractivity contribution in [3.05, 3.63) is 12.2 Å². The van der Waals surface area contributed by atoms with Crippen LogP contribution in [0.1, 0.15) is 6.92 Å². The first-order valence-electron chi connectivity index (χ1n) is 4.97. The molecule has 0 aliphatic rings. The van der Waals surface area contributed by atoms with Gasteiger partial charge in [-0.15, -0.1) is 0 Å². The normalized spacial score (nSPS) is 12.2. The molecule has 0 fully saturated rings. The second kappa shape index (κ2) is 7.48. The molecule has 0 spiro atoms. The maximum atomic E-state index is 12.7. The van der Waals surface area contributed by atoms with Crippen LogP contribution in [0.4, 0.5) is 8.78 Å². The van der Waals surface area contributed by atoms with Crippen molar-refractivity contribution >= 4 is 16.1 Å². The predicted octanol–water partition coefficient (Wildman–Crippen LogP) is 0.577. The fourth-order valence-electron chi connectivity index (χ4n) is 0.707. The molecule has 7 nitrogen and oxygen atoms in total. The topological polar surface area (TPSA) is 99.1 Å². The minimum absolute atomic E-state index is 0.300. The maximum absolute atomic E-state index is 12.7. The van der Waals surface area contributed by atoms with Crippen molar-refractivity contribution in [2.24, 2.45) is 0 Å². The van der Waals surface area contributed by atoms with E-state index in [2.05, 4.69) is 16.1 Å². The van der Waals surface area contributed by atoms with E-state index in [0.29, 0.717) is 6.61 Å². The fourth-order valence-corrected chi connectivity index (χ4v) is 0.939. The number of rotatable bonds is 9. The van der Waals surface area contributed by atoms with Gasteiger partial charge in [0.1, 0.15) is 6.61 Å². The average molecular weight is 304 g/mol. The number of ether oxygens (including phenoxy) is 3. The van der Waals surface area contributed by atoms with E-state index in [1.54, 1.807) is 6.92 Å². The summed E-state index contributed by atoms with van der Waals surface area (Å²) in [6, 6.07) is 0. The largest absolute Gasteiger partial charge is 0.435 e. The highest BCUT2D eigenvalue weighted by Gasteiger charge is 2.44. The SMILES string of the molecule is C=C(COCC(F)(F)S(=O)(=O)O)C(=O)OCOCC. The fraction of sp³-hybridized carbons (Fsp3) is 0.667. The van der Waals surface area contributed by atoms with Crippen LogP contribution in [0.2, 0.25) is 0 Å². The smallest absolute Gasteiger partial charge is 0.392 e. The van der Waals surface area contributed by atoms with Crippen LogP contribution >= 0.6 is 0 Å². The molecule has 0 unspecified atom stereocenters. The molecule has 0 aromatic carbocycles. The highest BCUT2D eigenvalue weighted by molar-refractivity contribution is 7.86. The van der Waals surface area contributed by atoms with Gasteiger partial charge in [-0.1, -0.05) is 6.58 Å². The van der Waals surface area contributed by atoms with Gasteiger partial charge in [0.2, 0.25) is 0 Å². The van der Waals surface area contributed by atoms with Crippen molar-refractivity contribution in [3.8, 4) is 0 Å². The van der Waals surface area contributed by atoms with E-state index in [9.17, 15) is 22.0 Å². The minimum Gasteiger partial charge on any atom is -0.435 e. The Morgan fingerprint density at radius 2 is 1.95 bits per heavy atom. The first-order valence-corrected chi connectivity index (χ1v) is 6.41. The third-order valence-corrected chi connectivity index (χ3v) is 2.56. The summed E-state index contributed by atoms with van der Waals surface area (Å²) in [5.74, 6) is -0.927. The first-order chi connectivity index (χ1) is 8.62. The van der Waals surface area contributed by atoms with Crippen LogP contribution in [0.3, 0.4) is 0 Å². The highest BCUT2D eigenvalue weighted by atomic mass is 32.2. The van der Waals surface area contributed by atoms with Crippen LogP contribution in [0, 0.1) is 0 Å². The van der Waals surface area contributed by atoms with Gasteiger partial charge in [0.05, 0.1) is 12.2 Å². The number of carbonyl (C=O) groups excluding carboxylic acids is 1. The Morgan fingerprint density at radius 1 is 1.37 bits per heavy atom. The molecule has 0 aliphatic carbocycles. The minimum atomic E-state index is -5.56. The molecule has 0 radical (unpaired) electrons. The average Bonchev–Trinajstić information content (AvgIpc) is 2.27. The number of hydrogen-bond donors (Lipinski definition) is 1. The van der Waals surface area contributed by atoms with E-state index in [1.165, 1.54) is 0 Å². The van der Waals surface area contributed by atoms with Crippen molar-refractivity contribution < 1.29 is 40.8 Å². The summed E-state index contributed by atoms with van der Waals surface area (Å²) in [6.45, 7) is 2.59. The van der Waals surface area contributed by atoms with Crippen LogP contribution in [0.15, 0.2) is 12.2 Å². The van der Waals surface area contributed by atoms with Gasteiger partial charge in [-0.2, -0.15) is 17.2 Å². The zero-order valence-corrected chi connectivity index (χ0v) is 10.9. The Balaban J connectivity index is 4.08. The summed E-state index contributed by atoms with van der Waals surface area (Å²) in [4.78, 5) is 11.1. The van der Waals surface area contributed by atoms with Gasteiger partial charge in [0.25, 0.3) is 0 Å². The first kappa shape index (κ1) is 17.9. The standard InChI is InChI=1S/C9H14F2O7S/c1-3-16-6-18-8(12)7(2)4-17-5-9(10,11)19(13,14)15/h2-6H2,1H3,(H,13,14,15). The Kier molecular flexibility index (Phi) is 7.05. The predicted molar refractivity (Wildman–Crippen MR) is 59.0 cm³/mol. The summed E-state index contributed by atoms with van der Waals surface area (Å²) in [5, 5.41) is -4.46. The van der Waals surface area contributed by atoms with Crippen LogP contribution in [-0.4, -0.2) is 50.8 Å². The summed E-state index contributed by atoms with van der Waals surface area (Å²) < 4.78 is 67.5. The van der Waals surface area contributed by atoms with E-state index >= 15 is 0 Å². The lowest BCUT2D eigenvalue weighted by molar-refractivity contribution is -0.151. The number of alkyl halides is 2. The lowest BCUT2D eigenvalue weighted by Crippen LogP contribution is -2.34. The summed E-state index contributed by atoms with van der Waals surface area (Å²) in [7, 11) is -5.56. The van der Waals surface area contributed by atoms with Crippen molar-refractivity contribution in [1.29, 1.82) is 0 Å². The Labute approximate surface area is 108 Å². The number of halogens is 2. The lowest BCUT2D eigenvalue weighted by Gasteiger charge is -2.13. The van der Waals surface area contributed by atoms with Crippen LogP contribution in [0.25, 0.3) is 0 Å². The highest BCUT2D eigenvalue weighted by Crippen LogP contribution is 2.20. The number of esters is 1. The van der Waals surface area contributed by atoms with Crippen LogP contribution in [0.5, 0.6) is 0 Å². The quantitative estimate of drug-likeness (QED) is 0.219. The molecule has 1 N–H and O–H groups in total. The summed E-state index contributed by atoms with van der Waals surface area (Å²) in [5.41, 5.74) is -0.300. The molecule has 0 heterocycles. The molecular weight excluding hydrogens is 290 g/mol. The molecule has 0 aliphatic heterocycles. The van der Waals surface area contributed by atoms with E-state index in [-0.39, 0.29) is 12.4 Å². The van der Waals surface area contributed by atoms with Gasteiger partial charge in [-0.25, -0.2) is 4.79 Å². The molecule has 0 aromatic rings. The van der Waals surface area contributed by atoms with Crippen LogP contribution in [-0.2, 0) is 29.1 Å². The third-order valence-electron chi connectivity index (χ3n) is 1.69. The van der Waals surface area contributed by atoms with E-state index < -0.39 is 34.6 Å². The summed E-state index contributed by atoms with van der Waals surface area (Å²) >= 11 is 0. The summed E-state index contributed by atoms with van der Waals surface area (Å²) in [6.07, 6.45) is 0. The molecule has 0 bridgehead atoms. The Bertz CT molecular complexity index is 418. The molecule has 10 heteroatoms. The maximum Gasteiger partial charge on any atom is 0.392 e. The van der Waals surface area contributed by atoms with Gasteiger partial charge in [0.15, 0.2) is 6.79 Å². The second-order valence-corrected chi connectivity index (χ2v) is 4.80. The van der Waals surface area contributed by atoms with Gasteiger partial charge >= 0.3 is 21.3 Å². The van der Waals surface area contributed by atoms with Gasteiger partial charge in [-0.05, 0) is 6.92 Å². The molecule has 0 rings (SSSR count). The van der Waals surface area contributed by atoms with Gasteiger partial charge in [-0.3, -0.25) is 4.55 Å². The molecule has 19 heavy (non-hydrogen) atoms. The molecular formula is C9H14F2O7S. The number of hydrogen-bond acceptors (Lipinski definition) is 6. The molecule has 0 atom stereocenters. The lowest BCUT2D eigenvalue weighted by atomic mass is 10.3. The number of carbonyl (C=O) groups is 1. The third kappa shape index (κ3) is 6.57. The van der Waals surface area contributed by atoms with Gasteiger partial charge in [0, 0.05) is 6.61 Å². The van der Waals surface area contributed by atoms with E-state index in [4.69, 9.17) is 9.29 Å². The zero-order valence-electron chi connectivity index (χ0n) is 10.1. The van der Waals surface area contributed by atoms with Crippen molar-refractivity contribution in [2.45, 2.75) is 12.2 Å². The van der Waals surface area contributed by atoms with Crippen molar-refractivity contribution in [3.63, 3.8) is 0 Å². The molecule has 0 amide bonds. The van der Waals surface area contributed by atoms with Gasteiger partial charge < -0.3 is 14.2 Å². The molecule has 0 aromatic heterocycles. The van der Waals surface area contributed by atoms with Crippen molar-refractivity contribution in [2.75, 3.05) is 26.6 Å². The Hall–Kier alpha value is -1.10. The molecule has 0 saturated carbocycles. The Morgan fingerprint density at radius 3 is 2.42 bits per heavy atom. The van der Waals surface area contributed by atoms with E-state index in [0.717, 1.165) is 0 Å². The zero-order chi connectivity index (χ0) is 15.1. The second-order valence-electron chi connectivity index (χ2n) is 3.25. The van der Waals surface area contributed by atoms with E-state index in [1.807, 2.05) is 0 Å².